The summed E-state index contributed by atoms with van der Waals surface area (Å²) < 4.78 is 2.22. The molecule has 1 aromatic heterocycles. The van der Waals surface area contributed by atoms with Gasteiger partial charge in [0.2, 0.25) is 5.91 Å². The number of rotatable bonds is 6. The zero-order valence-electron chi connectivity index (χ0n) is 9.93. The standard InChI is InChI=1S/C14H18N2O/c15-14(17)8-2-1-5-9-16-10-12-6-3-4-7-13(12)11-16/h3-4,6-7,10-11H,1-2,5,8-9H2,(H2,15,17). The number of unbranched alkanes of at least 4 members (excludes halogenated alkanes) is 2. The van der Waals surface area contributed by atoms with Gasteiger partial charge in [0.25, 0.3) is 0 Å². The third kappa shape index (κ3) is 3.34. The summed E-state index contributed by atoms with van der Waals surface area (Å²) >= 11 is 0. The molecule has 2 rings (SSSR count). The summed E-state index contributed by atoms with van der Waals surface area (Å²) in [5, 5.41) is 2.56. The highest BCUT2D eigenvalue weighted by atomic mass is 16.1. The van der Waals surface area contributed by atoms with Crippen molar-refractivity contribution in [3.8, 4) is 0 Å². The Morgan fingerprint density at radius 3 is 2.29 bits per heavy atom. The van der Waals surface area contributed by atoms with E-state index in [2.05, 4.69) is 41.2 Å². The van der Waals surface area contributed by atoms with Gasteiger partial charge >= 0.3 is 0 Å². The molecule has 0 radical (unpaired) electrons. The lowest BCUT2D eigenvalue weighted by molar-refractivity contribution is -0.118. The van der Waals surface area contributed by atoms with Crippen LogP contribution in [0.5, 0.6) is 0 Å². The Kier molecular flexibility index (Phi) is 3.81. The van der Waals surface area contributed by atoms with Crippen molar-refractivity contribution >= 4 is 16.7 Å². The maximum Gasteiger partial charge on any atom is 0.217 e. The molecule has 0 unspecified atom stereocenters. The molecule has 3 nitrogen and oxygen atoms in total. The first-order valence-corrected chi connectivity index (χ1v) is 6.08. The van der Waals surface area contributed by atoms with Gasteiger partial charge in [-0.3, -0.25) is 4.79 Å². The fraction of sp³-hybridized carbons (Fsp3) is 0.357. The number of hydrogen-bond donors (Lipinski definition) is 1. The molecule has 0 aliphatic rings. The molecule has 0 aliphatic heterocycles. The highest BCUT2D eigenvalue weighted by molar-refractivity contribution is 5.82. The maximum absolute atomic E-state index is 10.6. The molecule has 0 aliphatic carbocycles. The second-order valence-corrected chi connectivity index (χ2v) is 4.40. The molecule has 0 saturated carbocycles. The fourth-order valence-corrected chi connectivity index (χ4v) is 2.04. The Hall–Kier alpha value is -1.77. The smallest absolute Gasteiger partial charge is 0.217 e. The Morgan fingerprint density at radius 2 is 1.71 bits per heavy atom. The molecule has 90 valence electrons. The summed E-state index contributed by atoms with van der Waals surface area (Å²) in [6, 6.07) is 8.36. The Bertz CT molecular complexity index is 469. The average Bonchev–Trinajstić information content (AvgIpc) is 2.70. The van der Waals surface area contributed by atoms with Gasteiger partial charge in [0, 0.05) is 25.4 Å². The topological polar surface area (TPSA) is 48.0 Å². The lowest BCUT2D eigenvalue weighted by atomic mass is 10.2. The van der Waals surface area contributed by atoms with Crippen molar-refractivity contribution in [2.45, 2.75) is 32.2 Å². The monoisotopic (exact) mass is 230 g/mol. The van der Waals surface area contributed by atoms with Gasteiger partial charge in [-0.2, -0.15) is 0 Å². The van der Waals surface area contributed by atoms with E-state index in [0.29, 0.717) is 6.42 Å². The van der Waals surface area contributed by atoms with Crippen LogP contribution in [0.2, 0.25) is 0 Å². The molecule has 2 aromatic rings. The van der Waals surface area contributed by atoms with Crippen molar-refractivity contribution < 1.29 is 4.79 Å². The van der Waals surface area contributed by atoms with Gasteiger partial charge in [-0.25, -0.2) is 0 Å². The lowest BCUT2D eigenvalue weighted by Crippen LogP contribution is -2.09. The quantitative estimate of drug-likeness (QED) is 0.762. The van der Waals surface area contributed by atoms with Crippen LogP contribution in [-0.4, -0.2) is 10.5 Å². The van der Waals surface area contributed by atoms with E-state index in [9.17, 15) is 4.79 Å². The maximum atomic E-state index is 10.6. The SMILES string of the molecule is NC(=O)CCCCCn1cc2ccccc2c1. The molecule has 1 aromatic carbocycles. The first-order chi connectivity index (χ1) is 8.25. The molecule has 0 spiro atoms. The van der Waals surface area contributed by atoms with Gasteiger partial charge in [-0.1, -0.05) is 30.7 Å². The molecule has 3 heteroatoms. The number of nitrogens with two attached hydrogens (primary N) is 1. The van der Waals surface area contributed by atoms with E-state index in [1.165, 1.54) is 10.8 Å². The van der Waals surface area contributed by atoms with Crippen molar-refractivity contribution in [3.63, 3.8) is 0 Å². The second kappa shape index (κ2) is 5.53. The summed E-state index contributed by atoms with van der Waals surface area (Å²) in [6.07, 6.45) is 7.89. The molecule has 0 saturated heterocycles. The van der Waals surface area contributed by atoms with Crippen LogP contribution in [0.4, 0.5) is 0 Å². The van der Waals surface area contributed by atoms with Crippen LogP contribution >= 0.6 is 0 Å². The number of amides is 1. The van der Waals surface area contributed by atoms with Gasteiger partial charge in [-0.05, 0) is 23.6 Å². The number of aromatic nitrogens is 1. The molecule has 0 fully saturated rings. The van der Waals surface area contributed by atoms with E-state index >= 15 is 0 Å². The number of primary amides is 1. The molecule has 17 heavy (non-hydrogen) atoms. The first kappa shape index (κ1) is 11.7. The molecular formula is C14H18N2O. The first-order valence-electron chi connectivity index (χ1n) is 6.08. The van der Waals surface area contributed by atoms with Crippen LogP contribution in [0.15, 0.2) is 36.7 Å². The summed E-state index contributed by atoms with van der Waals surface area (Å²) in [5.74, 6) is -0.197. The molecule has 1 heterocycles. The van der Waals surface area contributed by atoms with E-state index in [-0.39, 0.29) is 5.91 Å². The highest BCUT2D eigenvalue weighted by Gasteiger charge is 1.98. The number of benzene rings is 1. The minimum absolute atomic E-state index is 0.197. The van der Waals surface area contributed by atoms with Gasteiger partial charge in [0.05, 0.1) is 0 Å². The summed E-state index contributed by atoms with van der Waals surface area (Å²) in [6.45, 7) is 1.01. The van der Waals surface area contributed by atoms with E-state index in [0.717, 1.165) is 25.8 Å². The van der Waals surface area contributed by atoms with Crippen LogP contribution in [-0.2, 0) is 11.3 Å². The average molecular weight is 230 g/mol. The molecule has 0 bridgehead atoms. The Labute approximate surface area is 101 Å². The highest BCUT2D eigenvalue weighted by Crippen LogP contribution is 2.15. The van der Waals surface area contributed by atoms with E-state index in [1.54, 1.807) is 0 Å². The van der Waals surface area contributed by atoms with Crippen molar-refractivity contribution in [1.82, 2.24) is 4.57 Å². The number of carbonyl (C=O) groups is 1. The molecule has 2 N–H and O–H groups in total. The lowest BCUT2D eigenvalue weighted by Gasteiger charge is -2.01. The molecular weight excluding hydrogens is 212 g/mol. The number of hydrogen-bond acceptors (Lipinski definition) is 1. The second-order valence-electron chi connectivity index (χ2n) is 4.40. The number of aryl methyl sites for hydroxylation is 1. The van der Waals surface area contributed by atoms with Crippen LogP contribution < -0.4 is 5.73 Å². The van der Waals surface area contributed by atoms with Crippen LogP contribution in [0.3, 0.4) is 0 Å². The summed E-state index contributed by atoms with van der Waals surface area (Å²) in [7, 11) is 0. The Balaban J connectivity index is 1.81. The molecule has 0 atom stereocenters. The van der Waals surface area contributed by atoms with Crippen LogP contribution in [0, 0.1) is 0 Å². The van der Waals surface area contributed by atoms with Gasteiger partial charge in [0.15, 0.2) is 0 Å². The minimum Gasteiger partial charge on any atom is -0.370 e. The minimum atomic E-state index is -0.197. The van der Waals surface area contributed by atoms with E-state index in [4.69, 9.17) is 5.73 Å². The van der Waals surface area contributed by atoms with Crippen LogP contribution in [0.25, 0.3) is 10.8 Å². The van der Waals surface area contributed by atoms with E-state index < -0.39 is 0 Å². The van der Waals surface area contributed by atoms with Gasteiger partial charge in [-0.15, -0.1) is 0 Å². The third-order valence-electron chi connectivity index (χ3n) is 2.95. The Morgan fingerprint density at radius 1 is 1.06 bits per heavy atom. The van der Waals surface area contributed by atoms with E-state index in [1.807, 2.05) is 0 Å². The van der Waals surface area contributed by atoms with Crippen molar-refractivity contribution in [3.05, 3.63) is 36.7 Å². The van der Waals surface area contributed by atoms with Crippen molar-refractivity contribution in [2.75, 3.05) is 0 Å². The zero-order chi connectivity index (χ0) is 12.1. The predicted molar refractivity (Wildman–Crippen MR) is 69.6 cm³/mol. The predicted octanol–water partition coefficient (Wildman–Crippen LogP) is 2.69. The van der Waals surface area contributed by atoms with Crippen LogP contribution in [0.1, 0.15) is 25.7 Å². The largest absolute Gasteiger partial charge is 0.370 e. The van der Waals surface area contributed by atoms with Gasteiger partial charge in [0.1, 0.15) is 0 Å². The van der Waals surface area contributed by atoms with Crippen molar-refractivity contribution in [1.29, 1.82) is 0 Å². The van der Waals surface area contributed by atoms with Crippen molar-refractivity contribution in [2.24, 2.45) is 5.73 Å². The zero-order valence-corrected chi connectivity index (χ0v) is 9.93. The number of carbonyl (C=O) groups excluding carboxylic acids is 1. The number of fused-ring (bicyclic) bond motifs is 1. The summed E-state index contributed by atoms with van der Waals surface area (Å²) in [4.78, 5) is 10.6. The number of nitrogens with zero attached hydrogens (tertiary/aromatic N) is 1. The van der Waals surface area contributed by atoms with Gasteiger partial charge < -0.3 is 10.3 Å². The third-order valence-corrected chi connectivity index (χ3v) is 2.95. The normalized spacial score (nSPS) is 10.8. The molecule has 1 amide bonds. The fourth-order valence-electron chi connectivity index (χ4n) is 2.04. The summed E-state index contributed by atoms with van der Waals surface area (Å²) in [5.41, 5.74) is 5.09.